The number of hydrogen-bond donors (Lipinski definition) is 1. The van der Waals surface area contributed by atoms with Gasteiger partial charge in [0.1, 0.15) is 0 Å². The average molecular weight is 287 g/mol. The van der Waals surface area contributed by atoms with Crippen molar-refractivity contribution in [2.24, 2.45) is 0 Å². The Hall–Kier alpha value is -2.33. The molecule has 2 aromatic carbocycles. The molecule has 4 nitrogen and oxygen atoms in total. The van der Waals surface area contributed by atoms with Crippen molar-refractivity contribution >= 4 is 34.8 Å². The smallest absolute Gasteiger partial charge is 0.268 e. The number of nitrogens with zero attached hydrogens (tertiary/aromatic N) is 1. The number of amides is 2. The summed E-state index contributed by atoms with van der Waals surface area (Å²) in [6, 6.07) is 9.93. The topological polar surface area (TPSA) is 63.4 Å². The summed E-state index contributed by atoms with van der Waals surface area (Å²) >= 11 is 6.06. The van der Waals surface area contributed by atoms with Crippen molar-refractivity contribution in [1.82, 2.24) is 0 Å². The van der Waals surface area contributed by atoms with Crippen LogP contribution in [0.1, 0.15) is 26.3 Å². The van der Waals surface area contributed by atoms with Crippen LogP contribution in [0, 0.1) is 6.92 Å². The van der Waals surface area contributed by atoms with Gasteiger partial charge < -0.3 is 5.73 Å². The molecule has 2 aromatic rings. The fraction of sp³-hybridized carbons (Fsp3) is 0.0667. The number of aryl methyl sites for hydroxylation is 1. The summed E-state index contributed by atoms with van der Waals surface area (Å²) in [6.07, 6.45) is 0. The number of carbonyl (C=O) groups excluding carboxylic acids is 2. The van der Waals surface area contributed by atoms with Crippen LogP contribution in [0.2, 0.25) is 5.02 Å². The molecule has 5 heteroatoms. The van der Waals surface area contributed by atoms with Crippen molar-refractivity contribution in [2.45, 2.75) is 6.92 Å². The number of carbonyl (C=O) groups is 2. The number of fused-ring (bicyclic) bond motifs is 1. The minimum atomic E-state index is -0.414. The molecule has 100 valence electrons. The molecule has 2 amide bonds. The van der Waals surface area contributed by atoms with Gasteiger partial charge in [-0.1, -0.05) is 23.7 Å². The molecule has 0 atom stereocenters. The minimum absolute atomic E-state index is 0.259. The SMILES string of the molecule is Cc1ccc(N2C(=O)c3cccc(N)c3C2=O)cc1Cl. The molecular formula is C15H11ClN2O2. The third kappa shape index (κ3) is 1.69. The summed E-state index contributed by atoms with van der Waals surface area (Å²) < 4.78 is 0. The molecule has 0 aromatic heterocycles. The van der Waals surface area contributed by atoms with E-state index in [9.17, 15) is 9.59 Å². The number of halogens is 1. The Morgan fingerprint density at radius 2 is 1.85 bits per heavy atom. The van der Waals surface area contributed by atoms with E-state index < -0.39 is 5.91 Å². The molecule has 3 rings (SSSR count). The Bertz CT molecular complexity index is 756. The lowest BCUT2D eigenvalue weighted by molar-refractivity contribution is 0.0926. The van der Waals surface area contributed by atoms with Gasteiger partial charge in [0.25, 0.3) is 11.8 Å². The highest BCUT2D eigenvalue weighted by Crippen LogP contribution is 2.33. The van der Waals surface area contributed by atoms with Crippen LogP contribution in [0.5, 0.6) is 0 Å². The maximum atomic E-state index is 12.4. The van der Waals surface area contributed by atoms with E-state index in [2.05, 4.69) is 0 Å². The van der Waals surface area contributed by atoms with Crippen LogP contribution < -0.4 is 10.6 Å². The minimum Gasteiger partial charge on any atom is -0.398 e. The number of nitrogen functional groups attached to an aromatic ring is 1. The molecule has 0 unspecified atom stereocenters. The van der Waals surface area contributed by atoms with E-state index >= 15 is 0 Å². The Kier molecular flexibility index (Phi) is 2.76. The molecular weight excluding hydrogens is 276 g/mol. The highest BCUT2D eigenvalue weighted by Gasteiger charge is 2.38. The van der Waals surface area contributed by atoms with Gasteiger partial charge in [0.15, 0.2) is 0 Å². The molecule has 1 heterocycles. The third-order valence-corrected chi connectivity index (χ3v) is 3.77. The first kappa shape index (κ1) is 12.7. The molecule has 0 saturated carbocycles. The molecule has 1 aliphatic rings. The van der Waals surface area contributed by atoms with Gasteiger partial charge in [-0.05, 0) is 36.8 Å². The number of hydrogen-bond acceptors (Lipinski definition) is 3. The van der Waals surface area contributed by atoms with E-state index in [1.807, 2.05) is 6.92 Å². The van der Waals surface area contributed by atoms with E-state index in [-0.39, 0.29) is 11.5 Å². The van der Waals surface area contributed by atoms with E-state index in [4.69, 9.17) is 17.3 Å². The highest BCUT2D eigenvalue weighted by molar-refractivity contribution is 6.37. The van der Waals surface area contributed by atoms with Gasteiger partial charge in [-0.3, -0.25) is 9.59 Å². The molecule has 1 aliphatic heterocycles. The summed E-state index contributed by atoms with van der Waals surface area (Å²) in [6.45, 7) is 1.85. The second kappa shape index (κ2) is 4.35. The van der Waals surface area contributed by atoms with Crippen LogP contribution >= 0.6 is 11.6 Å². The predicted molar refractivity (Wildman–Crippen MR) is 78.2 cm³/mol. The zero-order chi connectivity index (χ0) is 14.4. The Labute approximate surface area is 120 Å². The molecule has 0 bridgehead atoms. The van der Waals surface area contributed by atoms with Crippen LogP contribution in [0.15, 0.2) is 36.4 Å². The van der Waals surface area contributed by atoms with E-state index in [1.54, 1.807) is 36.4 Å². The lowest BCUT2D eigenvalue weighted by atomic mass is 10.1. The van der Waals surface area contributed by atoms with Gasteiger partial charge in [0.2, 0.25) is 0 Å². The van der Waals surface area contributed by atoms with Crippen LogP contribution in [-0.2, 0) is 0 Å². The fourth-order valence-electron chi connectivity index (χ4n) is 2.27. The summed E-state index contributed by atoms with van der Waals surface area (Å²) in [4.78, 5) is 25.9. The van der Waals surface area contributed by atoms with Gasteiger partial charge >= 0.3 is 0 Å². The first-order valence-electron chi connectivity index (χ1n) is 6.04. The maximum Gasteiger partial charge on any atom is 0.268 e. The Balaban J connectivity index is 2.14. The average Bonchev–Trinajstić information content (AvgIpc) is 2.67. The van der Waals surface area contributed by atoms with Gasteiger partial charge in [-0.15, -0.1) is 0 Å². The van der Waals surface area contributed by atoms with E-state index in [1.165, 1.54) is 0 Å². The van der Waals surface area contributed by atoms with Gasteiger partial charge in [0.05, 0.1) is 16.8 Å². The zero-order valence-electron chi connectivity index (χ0n) is 10.7. The van der Waals surface area contributed by atoms with Crippen molar-refractivity contribution in [1.29, 1.82) is 0 Å². The third-order valence-electron chi connectivity index (χ3n) is 3.36. The van der Waals surface area contributed by atoms with Crippen LogP contribution in [0.25, 0.3) is 0 Å². The fourth-order valence-corrected chi connectivity index (χ4v) is 2.44. The first-order valence-corrected chi connectivity index (χ1v) is 6.42. The monoisotopic (exact) mass is 286 g/mol. The second-order valence-electron chi connectivity index (χ2n) is 4.65. The number of imide groups is 1. The Morgan fingerprint density at radius 3 is 2.50 bits per heavy atom. The first-order chi connectivity index (χ1) is 9.50. The Morgan fingerprint density at radius 1 is 1.10 bits per heavy atom. The molecule has 0 radical (unpaired) electrons. The van der Waals surface area contributed by atoms with Crippen molar-refractivity contribution in [3.63, 3.8) is 0 Å². The van der Waals surface area contributed by atoms with Crippen molar-refractivity contribution in [3.8, 4) is 0 Å². The lowest BCUT2D eigenvalue weighted by Crippen LogP contribution is -2.29. The largest absolute Gasteiger partial charge is 0.398 e. The molecule has 0 spiro atoms. The normalized spacial score (nSPS) is 13.8. The summed E-state index contributed by atoms with van der Waals surface area (Å²) in [5.41, 5.74) is 8.02. The zero-order valence-corrected chi connectivity index (χ0v) is 11.4. The van der Waals surface area contributed by atoms with Crippen molar-refractivity contribution < 1.29 is 9.59 Å². The van der Waals surface area contributed by atoms with Crippen LogP contribution in [0.4, 0.5) is 11.4 Å². The van der Waals surface area contributed by atoms with Crippen LogP contribution in [-0.4, -0.2) is 11.8 Å². The number of nitrogens with two attached hydrogens (primary N) is 1. The van der Waals surface area contributed by atoms with E-state index in [0.29, 0.717) is 22.0 Å². The highest BCUT2D eigenvalue weighted by atomic mass is 35.5. The lowest BCUT2D eigenvalue weighted by Gasteiger charge is -2.14. The number of anilines is 2. The summed E-state index contributed by atoms with van der Waals surface area (Å²) in [5, 5.41) is 0.507. The molecule has 0 aliphatic carbocycles. The molecule has 2 N–H and O–H groups in total. The molecule has 20 heavy (non-hydrogen) atoms. The summed E-state index contributed by atoms with van der Waals surface area (Å²) in [7, 11) is 0. The van der Waals surface area contributed by atoms with Gasteiger partial charge in [-0.25, -0.2) is 4.90 Å². The second-order valence-corrected chi connectivity index (χ2v) is 5.06. The number of rotatable bonds is 1. The van der Waals surface area contributed by atoms with Crippen molar-refractivity contribution in [2.75, 3.05) is 10.6 Å². The maximum absolute atomic E-state index is 12.4. The van der Waals surface area contributed by atoms with E-state index in [0.717, 1.165) is 10.5 Å². The standard InChI is InChI=1S/C15H11ClN2O2/c1-8-5-6-9(7-11(8)16)18-14(19)10-3-2-4-12(17)13(10)15(18)20/h2-7H,17H2,1H3. The van der Waals surface area contributed by atoms with Crippen molar-refractivity contribution in [3.05, 3.63) is 58.1 Å². The van der Waals surface area contributed by atoms with Gasteiger partial charge in [-0.2, -0.15) is 0 Å². The van der Waals surface area contributed by atoms with Gasteiger partial charge in [0, 0.05) is 10.7 Å². The quantitative estimate of drug-likeness (QED) is 0.647. The molecule has 0 fully saturated rings. The van der Waals surface area contributed by atoms with Crippen LogP contribution in [0.3, 0.4) is 0 Å². The molecule has 0 saturated heterocycles. The predicted octanol–water partition coefficient (Wildman–Crippen LogP) is 3.03. The summed E-state index contributed by atoms with van der Waals surface area (Å²) in [5.74, 6) is -0.791. The number of benzene rings is 2.